The molecule has 0 saturated heterocycles. The van der Waals surface area contributed by atoms with Crippen molar-refractivity contribution in [3.8, 4) is 0 Å². The molecule has 7 nitrogen and oxygen atoms in total. The summed E-state index contributed by atoms with van der Waals surface area (Å²) in [5, 5.41) is 13.8. The maximum atomic E-state index is 12.8. The van der Waals surface area contributed by atoms with Gasteiger partial charge in [-0.2, -0.15) is 0 Å². The van der Waals surface area contributed by atoms with Gasteiger partial charge in [-0.05, 0) is 48.4 Å². The largest absolute Gasteiger partial charge is 0.322 e. The van der Waals surface area contributed by atoms with Crippen LogP contribution < -0.4 is 10.6 Å². The molecule has 164 valence electrons. The number of hydrogen-bond acceptors (Lipinski definition) is 4. The normalized spacial score (nSPS) is 10.8. The fourth-order valence-corrected chi connectivity index (χ4v) is 3.28. The van der Waals surface area contributed by atoms with Crippen molar-refractivity contribution in [3.63, 3.8) is 0 Å². The van der Waals surface area contributed by atoms with Crippen molar-refractivity contribution in [2.45, 2.75) is 13.5 Å². The van der Waals surface area contributed by atoms with Gasteiger partial charge in [0.1, 0.15) is 5.69 Å². The molecule has 0 unspecified atom stereocenters. The number of amides is 2. The Balaban J connectivity index is 1.40. The lowest BCUT2D eigenvalue weighted by Crippen LogP contribution is -2.17. The Bertz CT molecular complexity index is 1290. The minimum atomic E-state index is -0.372. The van der Waals surface area contributed by atoms with E-state index in [2.05, 4.69) is 20.9 Å². The van der Waals surface area contributed by atoms with Gasteiger partial charge in [0.15, 0.2) is 0 Å². The first-order valence-corrected chi connectivity index (χ1v) is 10.5. The van der Waals surface area contributed by atoms with Gasteiger partial charge in [-0.25, -0.2) is 4.68 Å². The Kier molecular flexibility index (Phi) is 6.70. The highest BCUT2D eigenvalue weighted by Gasteiger charge is 2.12. The maximum Gasteiger partial charge on any atom is 0.257 e. The van der Waals surface area contributed by atoms with Crippen LogP contribution in [0.4, 0.5) is 11.4 Å². The fourth-order valence-electron chi connectivity index (χ4n) is 3.28. The highest BCUT2D eigenvalue weighted by Crippen LogP contribution is 2.18. The van der Waals surface area contributed by atoms with E-state index in [-0.39, 0.29) is 11.8 Å². The molecule has 0 bridgehead atoms. The Morgan fingerprint density at radius 1 is 0.939 bits per heavy atom. The molecular weight excluding hydrogens is 414 g/mol. The molecule has 0 atom stereocenters. The quantitative estimate of drug-likeness (QED) is 0.416. The molecular formula is C26H23N5O2. The Labute approximate surface area is 191 Å². The van der Waals surface area contributed by atoms with Gasteiger partial charge in [-0.15, -0.1) is 5.10 Å². The fraction of sp³-hybridized carbons (Fsp3) is 0.0769. The molecule has 2 amide bonds. The van der Waals surface area contributed by atoms with Crippen LogP contribution in [0.3, 0.4) is 0 Å². The molecule has 0 radical (unpaired) electrons. The zero-order chi connectivity index (χ0) is 23.0. The monoisotopic (exact) mass is 437 g/mol. The number of para-hydroxylation sites is 1. The van der Waals surface area contributed by atoms with Crippen molar-refractivity contribution in [3.05, 3.63) is 114 Å². The van der Waals surface area contributed by atoms with E-state index < -0.39 is 0 Å². The molecule has 0 aliphatic carbocycles. The summed E-state index contributed by atoms with van der Waals surface area (Å²) in [5.74, 6) is -0.673. The van der Waals surface area contributed by atoms with E-state index >= 15 is 0 Å². The number of carbonyl (C=O) groups is 2. The van der Waals surface area contributed by atoms with Crippen LogP contribution >= 0.6 is 0 Å². The molecule has 3 aromatic carbocycles. The number of aromatic nitrogens is 3. The summed E-state index contributed by atoms with van der Waals surface area (Å²) >= 11 is 0. The summed E-state index contributed by atoms with van der Waals surface area (Å²) in [6.45, 7) is 2.55. The van der Waals surface area contributed by atoms with Crippen LogP contribution in [0.5, 0.6) is 0 Å². The number of benzene rings is 3. The lowest BCUT2D eigenvalue weighted by Gasteiger charge is -2.11. The van der Waals surface area contributed by atoms with Crippen LogP contribution in [-0.2, 0) is 11.3 Å². The van der Waals surface area contributed by atoms with E-state index in [9.17, 15) is 9.59 Å². The standard InChI is InChI=1S/C26H23N5O2/c1-19-8-7-11-21(16-19)27-26(33)23-12-5-6-13-24(23)28-25(32)15-14-22-18-31(30-29-22)17-20-9-3-2-4-10-20/h2-16,18H,17H2,1H3,(H,27,33)(H,28,32)/b15-14+. The van der Waals surface area contributed by atoms with Crippen molar-refractivity contribution in [1.29, 1.82) is 0 Å². The van der Waals surface area contributed by atoms with Gasteiger partial charge in [0.05, 0.1) is 24.0 Å². The Morgan fingerprint density at radius 2 is 1.73 bits per heavy atom. The third kappa shape index (κ3) is 6.01. The van der Waals surface area contributed by atoms with Crippen LogP contribution in [0.1, 0.15) is 27.2 Å². The van der Waals surface area contributed by atoms with E-state index in [1.807, 2.05) is 61.5 Å². The van der Waals surface area contributed by atoms with E-state index in [0.717, 1.165) is 11.1 Å². The first-order valence-electron chi connectivity index (χ1n) is 10.5. The average Bonchev–Trinajstić information content (AvgIpc) is 3.26. The number of anilines is 2. The lowest BCUT2D eigenvalue weighted by atomic mass is 10.1. The van der Waals surface area contributed by atoms with Crippen LogP contribution in [0.15, 0.2) is 91.1 Å². The molecule has 0 spiro atoms. The Hall–Kier alpha value is -4.52. The van der Waals surface area contributed by atoms with E-state index in [4.69, 9.17) is 0 Å². The molecule has 33 heavy (non-hydrogen) atoms. The second-order valence-electron chi connectivity index (χ2n) is 7.52. The van der Waals surface area contributed by atoms with Crippen LogP contribution in [0.2, 0.25) is 0 Å². The van der Waals surface area contributed by atoms with Crippen molar-refractivity contribution in [2.75, 3.05) is 10.6 Å². The smallest absolute Gasteiger partial charge is 0.257 e. The summed E-state index contributed by atoms with van der Waals surface area (Å²) in [6.07, 6.45) is 4.71. The second kappa shape index (κ2) is 10.2. The number of rotatable bonds is 7. The van der Waals surface area contributed by atoms with Crippen molar-refractivity contribution in [2.24, 2.45) is 0 Å². The lowest BCUT2D eigenvalue weighted by molar-refractivity contribution is -0.111. The molecule has 7 heteroatoms. The second-order valence-corrected chi connectivity index (χ2v) is 7.52. The predicted molar refractivity (Wildman–Crippen MR) is 129 cm³/mol. The summed E-state index contributed by atoms with van der Waals surface area (Å²) in [7, 11) is 0. The number of nitrogens with one attached hydrogen (secondary N) is 2. The van der Waals surface area contributed by atoms with Crippen LogP contribution in [0.25, 0.3) is 6.08 Å². The molecule has 0 fully saturated rings. The minimum Gasteiger partial charge on any atom is -0.322 e. The van der Waals surface area contributed by atoms with E-state index in [0.29, 0.717) is 29.2 Å². The molecule has 2 N–H and O–H groups in total. The first kappa shape index (κ1) is 21.7. The summed E-state index contributed by atoms with van der Waals surface area (Å²) in [6, 6.07) is 24.3. The van der Waals surface area contributed by atoms with Gasteiger partial charge in [-0.1, -0.05) is 59.8 Å². The third-order valence-electron chi connectivity index (χ3n) is 4.85. The molecule has 4 aromatic rings. The van der Waals surface area contributed by atoms with E-state index in [1.165, 1.54) is 6.08 Å². The average molecular weight is 438 g/mol. The first-order chi connectivity index (χ1) is 16.1. The number of nitrogens with zero attached hydrogens (tertiary/aromatic N) is 3. The highest BCUT2D eigenvalue weighted by molar-refractivity contribution is 6.11. The molecule has 0 aliphatic heterocycles. The predicted octanol–water partition coefficient (Wildman–Crippen LogP) is 4.54. The van der Waals surface area contributed by atoms with Gasteiger partial charge in [-0.3, -0.25) is 9.59 Å². The number of carbonyl (C=O) groups excluding carboxylic acids is 2. The maximum absolute atomic E-state index is 12.8. The minimum absolute atomic E-state index is 0.302. The zero-order valence-electron chi connectivity index (χ0n) is 18.1. The van der Waals surface area contributed by atoms with Gasteiger partial charge in [0.2, 0.25) is 5.91 Å². The molecule has 0 saturated carbocycles. The zero-order valence-corrected chi connectivity index (χ0v) is 18.1. The van der Waals surface area contributed by atoms with Crippen LogP contribution in [-0.4, -0.2) is 26.8 Å². The summed E-state index contributed by atoms with van der Waals surface area (Å²) in [4.78, 5) is 25.2. The molecule has 1 heterocycles. The number of hydrogen-bond donors (Lipinski definition) is 2. The highest BCUT2D eigenvalue weighted by atomic mass is 16.2. The number of aryl methyl sites for hydroxylation is 1. The van der Waals surface area contributed by atoms with Crippen LogP contribution in [0, 0.1) is 6.92 Å². The van der Waals surface area contributed by atoms with Crippen molar-refractivity contribution < 1.29 is 9.59 Å². The molecule has 0 aliphatic rings. The van der Waals surface area contributed by atoms with Crippen molar-refractivity contribution >= 4 is 29.3 Å². The van der Waals surface area contributed by atoms with E-state index in [1.54, 1.807) is 41.2 Å². The topological polar surface area (TPSA) is 88.9 Å². The van der Waals surface area contributed by atoms with Gasteiger partial charge >= 0.3 is 0 Å². The van der Waals surface area contributed by atoms with Gasteiger partial charge in [0.25, 0.3) is 5.91 Å². The van der Waals surface area contributed by atoms with Gasteiger partial charge in [0, 0.05) is 11.8 Å². The molecule has 4 rings (SSSR count). The van der Waals surface area contributed by atoms with Crippen molar-refractivity contribution in [1.82, 2.24) is 15.0 Å². The van der Waals surface area contributed by atoms with Gasteiger partial charge < -0.3 is 10.6 Å². The Morgan fingerprint density at radius 3 is 2.55 bits per heavy atom. The SMILES string of the molecule is Cc1cccc(NC(=O)c2ccccc2NC(=O)/C=C/c2cn(Cc3ccccc3)nn2)c1. The summed E-state index contributed by atoms with van der Waals surface area (Å²) < 4.78 is 1.71. The molecule has 1 aromatic heterocycles. The third-order valence-corrected chi connectivity index (χ3v) is 4.85. The summed E-state index contributed by atoms with van der Waals surface area (Å²) in [5.41, 5.74) is 4.20.